The van der Waals surface area contributed by atoms with E-state index in [4.69, 9.17) is 25.8 Å². The summed E-state index contributed by atoms with van der Waals surface area (Å²) in [5.74, 6) is 1.64. The van der Waals surface area contributed by atoms with E-state index in [-0.39, 0.29) is 23.8 Å². The smallest absolute Gasteiger partial charge is 0.410 e. The van der Waals surface area contributed by atoms with Crippen LogP contribution < -0.4 is 15.0 Å². The predicted molar refractivity (Wildman–Crippen MR) is 146 cm³/mol. The normalized spacial score (nSPS) is 14.6. The summed E-state index contributed by atoms with van der Waals surface area (Å²) in [6, 6.07) is 7.18. The van der Waals surface area contributed by atoms with Crippen LogP contribution in [-0.2, 0) is 16.0 Å². The van der Waals surface area contributed by atoms with Gasteiger partial charge in [0.15, 0.2) is 0 Å². The first kappa shape index (κ1) is 29.3. The van der Waals surface area contributed by atoms with Gasteiger partial charge < -0.3 is 29.3 Å². The number of piperidine rings is 1. The van der Waals surface area contributed by atoms with Crippen LogP contribution >= 0.6 is 11.6 Å². The number of aromatic nitrogens is 2. The lowest BCUT2D eigenvalue weighted by Gasteiger charge is -2.33. The molecule has 2 amide bonds. The third-order valence-electron chi connectivity index (χ3n) is 5.44. The highest BCUT2D eigenvalue weighted by Crippen LogP contribution is 2.26. The van der Waals surface area contributed by atoms with Crippen molar-refractivity contribution in [1.82, 2.24) is 20.2 Å². The topological polar surface area (TPSA) is 106 Å². The fraction of sp³-hybridized carbons (Fsp3) is 0.556. The number of carbonyl (C=O) groups is 2. The van der Waals surface area contributed by atoms with Gasteiger partial charge in [0.25, 0.3) is 0 Å². The van der Waals surface area contributed by atoms with Crippen molar-refractivity contribution >= 4 is 29.6 Å². The number of ether oxygens (including phenoxy) is 3. The molecule has 0 radical (unpaired) electrons. The number of rotatable bonds is 6. The molecule has 10 nitrogen and oxygen atoms in total. The number of halogens is 1. The highest BCUT2D eigenvalue weighted by atomic mass is 35.5. The van der Waals surface area contributed by atoms with Crippen LogP contribution in [-0.4, -0.2) is 64.4 Å². The van der Waals surface area contributed by atoms with Gasteiger partial charge in [0.1, 0.15) is 27.9 Å². The molecule has 1 N–H and O–H groups in total. The van der Waals surface area contributed by atoms with E-state index < -0.39 is 17.3 Å². The van der Waals surface area contributed by atoms with E-state index in [0.29, 0.717) is 11.6 Å². The average molecular weight is 548 g/mol. The SMILES string of the molecule is CN(Cc1cc(Cl)nc(Oc2ccc(N3CCC(NC(=O)OC(C)(C)C)CC3)nc2)c1)C(=O)OC(C)(C)C. The van der Waals surface area contributed by atoms with Gasteiger partial charge in [0, 0.05) is 38.8 Å². The van der Waals surface area contributed by atoms with Crippen LogP contribution in [0.5, 0.6) is 11.6 Å². The van der Waals surface area contributed by atoms with Crippen molar-refractivity contribution in [2.24, 2.45) is 0 Å². The Labute approximate surface area is 229 Å². The lowest BCUT2D eigenvalue weighted by molar-refractivity contribution is 0.0284. The van der Waals surface area contributed by atoms with E-state index in [1.807, 2.05) is 53.7 Å². The van der Waals surface area contributed by atoms with Crippen molar-refractivity contribution in [3.05, 3.63) is 41.2 Å². The molecule has 11 heteroatoms. The van der Waals surface area contributed by atoms with Crippen LogP contribution in [0.15, 0.2) is 30.5 Å². The molecule has 208 valence electrons. The largest absolute Gasteiger partial charge is 0.444 e. The van der Waals surface area contributed by atoms with Crippen LogP contribution in [0.2, 0.25) is 5.15 Å². The summed E-state index contributed by atoms with van der Waals surface area (Å²) in [5.41, 5.74) is -0.348. The van der Waals surface area contributed by atoms with Crippen LogP contribution in [0.1, 0.15) is 59.9 Å². The Bertz CT molecular complexity index is 1110. The summed E-state index contributed by atoms with van der Waals surface area (Å²) >= 11 is 6.21. The monoisotopic (exact) mass is 547 g/mol. The fourth-order valence-corrected chi connectivity index (χ4v) is 4.04. The Balaban J connectivity index is 1.54. The Kier molecular flexibility index (Phi) is 9.30. The average Bonchev–Trinajstić information content (AvgIpc) is 2.77. The van der Waals surface area contributed by atoms with E-state index in [1.54, 1.807) is 25.4 Å². The number of anilines is 1. The maximum atomic E-state index is 12.3. The number of carbonyl (C=O) groups excluding carboxylic acids is 2. The molecule has 0 aromatic carbocycles. The Morgan fingerprint density at radius 1 is 1.08 bits per heavy atom. The number of alkyl carbamates (subject to hydrolysis) is 1. The fourth-order valence-electron chi connectivity index (χ4n) is 3.81. The first-order valence-corrected chi connectivity index (χ1v) is 13.0. The summed E-state index contributed by atoms with van der Waals surface area (Å²) in [4.78, 5) is 36.7. The summed E-state index contributed by atoms with van der Waals surface area (Å²) in [6.07, 6.45) is 2.41. The minimum absolute atomic E-state index is 0.0705. The van der Waals surface area contributed by atoms with Crippen molar-refractivity contribution in [2.75, 3.05) is 25.0 Å². The highest BCUT2D eigenvalue weighted by molar-refractivity contribution is 6.29. The van der Waals surface area contributed by atoms with Gasteiger partial charge in [-0.3, -0.25) is 0 Å². The van der Waals surface area contributed by atoms with Gasteiger partial charge in [0.2, 0.25) is 5.88 Å². The Hall–Kier alpha value is -3.27. The molecule has 3 rings (SSSR count). The molecule has 0 spiro atoms. The van der Waals surface area contributed by atoms with Crippen LogP contribution in [0, 0.1) is 0 Å². The summed E-state index contributed by atoms with van der Waals surface area (Å²) < 4.78 is 16.6. The van der Waals surface area contributed by atoms with Gasteiger partial charge in [-0.15, -0.1) is 0 Å². The summed E-state index contributed by atoms with van der Waals surface area (Å²) in [5, 5.41) is 3.20. The molecule has 0 atom stereocenters. The molecule has 2 aromatic heterocycles. The van der Waals surface area contributed by atoms with Gasteiger partial charge in [0.05, 0.1) is 6.20 Å². The lowest BCUT2D eigenvalue weighted by atomic mass is 10.1. The number of nitrogens with zero attached hydrogens (tertiary/aromatic N) is 4. The minimum Gasteiger partial charge on any atom is -0.444 e. The van der Waals surface area contributed by atoms with Crippen molar-refractivity contribution in [2.45, 2.75) is 78.2 Å². The molecule has 0 aliphatic carbocycles. The molecule has 38 heavy (non-hydrogen) atoms. The predicted octanol–water partition coefficient (Wildman–Crippen LogP) is 5.78. The molecule has 1 saturated heterocycles. The lowest BCUT2D eigenvalue weighted by Crippen LogP contribution is -2.46. The molecule has 0 bridgehead atoms. The first-order chi connectivity index (χ1) is 17.7. The molecule has 0 saturated carbocycles. The van der Waals surface area contributed by atoms with E-state index in [1.165, 1.54) is 4.90 Å². The van der Waals surface area contributed by atoms with Gasteiger partial charge in [-0.2, -0.15) is 0 Å². The van der Waals surface area contributed by atoms with Crippen molar-refractivity contribution in [1.29, 1.82) is 0 Å². The third-order valence-corrected chi connectivity index (χ3v) is 5.63. The standard InChI is InChI=1S/C27H38ClN5O5/c1-26(2,3)37-24(34)30-19-10-12-33(13-11-19)22-9-8-20(16-29-22)36-23-15-18(14-21(28)31-23)17-32(7)25(35)38-27(4,5)6/h8-9,14-16,19H,10-13,17H2,1-7H3,(H,30,34). The van der Waals surface area contributed by atoms with Crippen LogP contribution in [0.4, 0.5) is 15.4 Å². The number of pyridine rings is 2. The zero-order valence-electron chi connectivity index (χ0n) is 23.2. The van der Waals surface area contributed by atoms with Crippen molar-refractivity contribution in [3.8, 4) is 11.6 Å². The summed E-state index contributed by atoms with van der Waals surface area (Å²) in [7, 11) is 1.65. The van der Waals surface area contributed by atoms with Gasteiger partial charge in [-0.1, -0.05) is 11.6 Å². The van der Waals surface area contributed by atoms with Crippen LogP contribution in [0.25, 0.3) is 0 Å². The molecule has 3 heterocycles. The number of hydrogen-bond donors (Lipinski definition) is 1. The van der Waals surface area contributed by atoms with Crippen molar-refractivity contribution < 1.29 is 23.8 Å². The molecule has 1 fully saturated rings. The minimum atomic E-state index is -0.582. The maximum Gasteiger partial charge on any atom is 0.410 e. The molecular weight excluding hydrogens is 510 g/mol. The third kappa shape index (κ3) is 9.55. The quantitative estimate of drug-likeness (QED) is 0.453. The van der Waals surface area contributed by atoms with Gasteiger partial charge >= 0.3 is 12.2 Å². The van der Waals surface area contributed by atoms with Crippen molar-refractivity contribution in [3.63, 3.8) is 0 Å². The Morgan fingerprint density at radius 2 is 1.74 bits per heavy atom. The number of amides is 2. The summed E-state index contributed by atoms with van der Waals surface area (Å²) in [6.45, 7) is 12.8. The molecular formula is C27H38ClN5O5. The van der Waals surface area contributed by atoms with Crippen LogP contribution in [0.3, 0.4) is 0 Å². The zero-order valence-corrected chi connectivity index (χ0v) is 24.0. The molecule has 0 unspecified atom stereocenters. The van der Waals surface area contributed by atoms with E-state index in [9.17, 15) is 9.59 Å². The molecule has 1 aliphatic rings. The zero-order chi connectivity index (χ0) is 28.1. The highest BCUT2D eigenvalue weighted by Gasteiger charge is 2.24. The van der Waals surface area contributed by atoms with E-state index in [0.717, 1.165) is 37.3 Å². The number of hydrogen-bond acceptors (Lipinski definition) is 8. The second kappa shape index (κ2) is 12.1. The molecule has 1 aliphatic heterocycles. The van der Waals surface area contributed by atoms with Gasteiger partial charge in [-0.25, -0.2) is 19.6 Å². The first-order valence-electron chi connectivity index (χ1n) is 12.7. The van der Waals surface area contributed by atoms with E-state index >= 15 is 0 Å². The second-order valence-corrected chi connectivity index (χ2v) is 11.7. The van der Waals surface area contributed by atoms with E-state index in [2.05, 4.69) is 20.2 Å². The second-order valence-electron chi connectivity index (χ2n) is 11.3. The Morgan fingerprint density at radius 3 is 2.32 bits per heavy atom. The van der Waals surface area contributed by atoms with Gasteiger partial charge in [-0.05, 0) is 78.1 Å². The molecule has 2 aromatic rings. The number of nitrogens with one attached hydrogen (secondary N) is 1. The maximum absolute atomic E-state index is 12.3.